The molecule has 0 heterocycles. The van der Waals surface area contributed by atoms with Gasteiger partial charge in [-0.3, -0.25) is 19.7 Å². The third-order valence-electron chi connectivity index (χ3n) is 4.90. The molecule has 0 fully saturated rings. The van der Waals surface area contributed by atoms with Crippen molar-refractivity contribution in [2.45, 2.75) is 25.7 Å². The highest BCUT2D eigenvalue weighted by atomic mass is 16.6. The average Bonchev–Trinajstić information content (AvgIpc) is 2.91. The molecule has 2 aromatic rings. The monoisotopic (exact) mass is 509 g/mol. The molecule has 0 aliphatic heterocycles. The lowest BCUT2D eigenvalue weighted by Gasteiger charge is -2.13. The average molecular weight is 510 g/mol. The van der Waals surface area contributed by atoms with Crippen LogP contribution in [-0.2, 0) is 9.59 Å². The summed E-state index contributed by atoms with van der Waals surface area (Å²) < 4.78 is 11.8. The van der Waals surface area contributed by atoms with Crippen molar-refractivity contribution in [3.05, 3.63) is 77.9 Å². The third-order valence-corrected chi connectivity index (χ3v) is 4.90. The molecule has 0 saturated heterocycles. The van der Waals surface area contributed by atoms with E-state index >= 15 is 0 Å². The van der Waals surface area contributed by atoms with E-state index in [1.165, 1.54) is 36.4 Å². The van der Waals surface area contributed by atoms with Gasteiger partial charge in [0.2, 0.25) is 11.8 Å². The van der Waals surface area contributed by atoms with E-state index in [0.29, 0.717) is 55.6 Å². The maximum absolute atomic E-state index is 11.2. The van der Waals surface area contributed by atoms with Crippen LogP contribution in [0.5, 0.6) is 11.5 Å². The van der Waals surface area contributed by atoms with E-state index in [-0.39, 0.29) is 17.5 Å². The summed E-state index contributed by atoms with van der Waals surface area (Å²) in [6.45, 7) is 8.70. The van der Waals surface area contributed by atoms with Crippen LogP contribution >= 0.6 is 0 Å². The molecule has 2 aromatic carbocycles. The number of rotatable bonds is 17. The van der Waals surface area contributed by atoms with Gasteiger partial charge in [-0.1, -0.05) is 13.2 Å². The number of nitro benzene ring substituents is 1. The van der Waals surface area contributed by atoms with Crippen molar-refractivity contribution in [3.63, 3.8) is 0 Å². The summed E-state index contributed by atoms with van der Waals surface area (Å²) in [4.78, 5) is 32.7. The molecular weight excluding hydrogens is 478 g/mol. The van der Waals surface area contributed by atoms with E-state index in [2.05, 4.69) is 34.0 Å². The summed E-state index contributed by atoms with van der Waals surface area (Å²) in [5.74, 6) is 0.616. The molecule has 0 aliphatic rings. The number of hydrogen-bond acceptors (Lipinski definition) is 8. The van der Waals surface area contributed by atoms with Gasteiger partial charge in [0.05, 0.1) is 29.5 Å². The molecule has 2 N–H and O–H groups in total. The topological polar surface area (TPSA) is 145 Å². The quantitative estimate of drug-likeness (QED) is 0.102. The van der Waals surface area contributed by atoms with Gasteiger partial charge in [-0.15, -0.1) is 0 Å². The summed E-state index contributed by atoms with van der Waals surface area (Å²) >= 11 is 0. The maximum atomic E-state index is 11.2. The van der Waals surface area contributed by atoms with E-state index in [1.807, 2.05) is 0 Å². The first-order chi connectivity index (χ1) is 17.9. The molecule has 0 aliphatic carbocycles. The van der Waals surface area contributed by atoms with Crippen molar-refractivity contribution in [2.24, 2.45) is 10.2 Å². The second-order valence-corrected chi connectivity index (χ2v) is 7.71. The van der Waals surface area contributed by atoms with Crippen LogP contribution in [-0.4, -0.2) is 43.0 Å². The summed E-state index contributed by atoms with van der Waals surface area (Å²) in [6, 6.07) is 10.9. The number of nitro groups is 1. The molecule has 0 spiro atoms. The Hall–Kier alpha value is -4.54. The first-order valence-corrected chi connectivity index (χ1v) is 11.8. The Morgan fingerprint density at radius 1 is 0.811 bits per heavy atom. The standard InChI is InChI=1S/C26H31N5O6/c1-3-25(32)27-15-5-7-17-36-23-14-11-21(30-29-20-9-12-22(13-10-20)31(34)35)19-24(23)37-18-8-6-16-28-26(33)4-2/h3-4,9-14,19H,1-2,5-8,15-18H2,(H,27,32)(H,28,33). The Labute approximate surface area is 215 Å². The number of nitrogens with one attached hydrogen (secondary N) is 2. The zero-order chi connectivity index (χ0) is 26.9. The van der Waals surface area contributed by atoms with Crippen LogP contribution in [0.3, 0.4) is 0 Å². The Morgan fingerprint density at radius 3 is 1.86 bits per heavy atom. The minimum atomic E-state index is -0.478. The largest absolute Gasteiger partial charge is 0.490 e. The SMILES string of the molecule is C=CC(=O)NCCCCOc1ccc(N=Nc2ccc([N+](=O)[O-])cc2)cc1OCCCCNC(=O)C=C. The second kappa shape index (κ2) is 16.2. The molecule has 0 bridgehead atoms. The minimum absolute atomic E-state index is 0.0247. The summed E-state index contributed by atoms with van der Waals surface area (Å²) in [6.07, 6.45) is 5.35. The van der Waals surface area contributed by atoms with Crippen LogP contribution in [0.2, 0.25) is 0 Å². The number of unbranched alkanes of at least 4 members (excludes halogenated alkanes) is 2. The van der Waals surface area contributed by atoms with Crippen molar-refractivity contribution in [2.75, 3.05) is 26.3 Å². The summed E-state index contributed by atoms with van der Waals surface area (Å²) in [7, 11) is 0. The molecule has 196 valence electrons. The normalized spacial score (nSPS) is 10.5. The number of benzene rings is 2. The molecule has 0 atom stereocenters. The lowest BCUT2D eigenvalue weighted by molar-refractivity contribution is -0.384. The maximum Gasteiger partial charge on any atom is 0.269 e. The van der Waals surface area contributed by atoms with Gasteiger partial charge in [-0.05, 0) is 62.1 Å². The number of hydrogen-bond donors (Lipinski definition) is 2. The van der Waals surface area contributed by atoms with Gasteiger partial charge in [-0.2, -0.15) is 10.2 Å². The second-order valence-electron chi connectivity index (χ2n) is 7.71. The van der Waals surface area contributed by atoms with Gasteiger partial charge in [-0.25, -0.2) is 0 Å². The highest BCUT2D eigenvalue weighted by molar-refractivity contribution is 5.87. The molecule has 0 saturated carbocycles. The highest BCUT2D eigenvalue weighted by Gasteiger charge is 2.08. The zero-order valence-electron chi connectivity index (χ0n) is 20.6. The lowest BCUT2D eigenvalue weighted by atomic mass is 10.2. The number of ether oxygens (including phenoxy) is 2. The molecule has 0 aromatic heterocycles. The summed E-state index contributed by atoms with van der Waals surface area (Å²) in [5.41, 5.74) is 0.966. The molecule has 37 heavy (non-hydrogen) atoms. The van der Waals surface area contributed by atoms with E-state index < -0.39 is 4.92 Å². The van der Waals surface area contributed by atoms with Crippen LogP contribution in [0, 0.1) is 10.1 Å². The number of nitrogens with zero attached hydrogens (tertiary/aromatic N) is 3. The predicted molar refractivity (Wildman–Crippen MR) is 140 cm³/mol. The predicted octanol–water partition coefficient (Wildman–Crippen LogP) is 4.93. The first kappa shape index (κ1) is 28.7. The van der Waals surface area contributed by atoms with E-state index in [1.54, 1.807) is 18.2 Å². The number of carbonyl (C=O) groups is 2. The van der Waals surface area contributed by atoms with Crippen LogP contribution in [0.15, 0.2) is 78.0 Å². The Balaban J connectivity index is 1.98. The lowest BCUT2D eigenvalue weighted by Crippen LogP contribution is -2.22. The number of non-ortho nitro benzene ring substituents is 1. The van der Waals surface area contributed by atoms with E-state index in [0.717, 1.165) is 19.3 Å². The van der Waals surface area contributed by atoms with Crippen LogP contribution in [0.1, 0.15) is 25.7 Å². The van der Waals surface area contributed by atoms with Gasteiger partial charge in [0.1, 0.15) is 0 Å². The minimum Gasteiger partial charge on any atom is -0.490 e. The van der Waals surface area contributed by atoms with E-state index in [9.17, 15) is 19.7 Å². The number of azo groups is 1. The van der Waals surface area contributed by atoms with Crippen LogP contribution in [0.25, 0.3) is 0 Å². The van der Waals surface area contributed by atoms with Crippen molar-refractivity contribution in [3.8, 4) is 11.5 Å². The van der Waals surface area contributed by atoms with Crippen molar-refractivity contribution in [1.29, 1.82) is 0 Å². The van der Waals surface area contributed by atoms with Crippen LogP contribution < -0.4 is 20.1 Å². The molecular formula is C26H31N5O6. The number of amides is 2. The number of carbonyl (C=O) groups excluding carboxylic acids is 2. The van der Waals surface area contributed by atoms with Crippen molar-refractivity contribution >= 4 is 28.9 Å². The van der Waals surface area contributed by atoms with Gasteiger partial charge in [0.25, 0.3) is 5.69 Å². The Kier molecular flexibility index (Phi) is 12.6. The third kappa shape index (κ3) is 11.2. The van der Waals surface area contributed by atoms with Crippen molar-refractivity contribution < 1.29 is 24.0 Å². The summed E-state index contributed by atoms with van der Waals surface area (Å²) in [5, 5.41) is 24.6. The van der Waals surface area contributed by atoms with Gasteiger partial charge in [0.15, 0.2) is 11.5 Å². The fourth-order valence-electron chi connectivity index (χ4n) is 2.93. The van der Waals surface area contributed by atoms with Gasteiger partial charge < -0.3 is 20.1 Å². The van der Waals surface area contributed by atoms with Crippen molar-refractivity contribution in [1.82, 2.24) is 10.6 Å². The smallest absolute Gasteiger partial charge is 0.269 e. The van der Waals surface area contributed by atoms with Gasteiger partial charge >= 0.3 is 0 Å². The Morgan fingerprint density at radius 2 is 1.32 bits per heavy atom. The fourth-order valence-corrected chi connectivity index (χ4v) is 2.93. The van der Waals surface area contributed by atoms with Gasteiger partial charge in [0, 0.05) is 31.3 Å². The van der Waals surface area contributed by atoms with E-state index in [4.69, 9.17) is 9.47 Å². The highest BCUT2D eigenvalue weighted by Crippen LogP contribution is 2.33. The molecule has 11 heteroatoms. The molecule has 0 unspecified atom stereocenters. The first-order valence-electron chi connectivity index (χ1n) is 11.8. The molecule has 2 amide bonds. The molecule has 11 nitrogen and oxygen atoms in total. The van der Waals surface area contributed by atoms with Crippen LogP contribution in [0.4, 0.5) is 17.1 Å². The zero-order valence-corrected chi connectivity index (χ0v) is 20.6. The fraction of sp³-hybridized carbons (Fsp3) is 0.308. The Bertz CT molecular complexity index is 1100. The molecule has 2 rings (SSSR count). The molecule has 0 radical (unpaired) electrons.